The molecule has 4 nitrogen and oxygen atoms in total. The second kappa shape index (κ2) is 14.4. The third kappa shape index (κ3) is 13.4. The van der Waals surface area contributed by atoms with Gasteiger partial charge in [0.1, 0.15) is 0 Å². The second-order valence-electron chi connectivity index (χ2n) is 5.30. The number of unbranched alkanes of at least 4 members (excludes halogenated alkanes) is 1. The van der Waals surface area contributed by atoms with Gasteiger partial charge in [0, 0.05) is 11.1 Å². The monoisotopic (exact) mass is 312 g/mol. The second-order valence-corrected chi connectivity index (χ2v) is 5.30. The van der Waals surface area contributed by atoms with Crippen LogP contribution < -0.4 is 0 Å². The van der Waals surface area contributed by atoms with Gasteiger partial charge in [-0.25, -0.2) is 9.59 Å². The summed E-state index contributed by atoms with van der Waals surface area (Å²) in [6.45, 7) is 17.3. The molecule has 0 rings (SSSR count). The first-order valence-corrected chi connectivity index (χ1v) is 7.95. The van der Waals surface area contributed by atoms with Crippen molar-refractivity contribution in [1.82, 2.24) is 0 Å². The van der Waals surface area contributed by atoms with E-state index in [0.29, 0.717) is 30.3 Å². The highest BCUT2D eigenvalue weighted by Crippen LogP contribution is 2.13. The van der Waals surface area contributed by atoms with Crippen LogP contribution in [0, 0.1) is 5.92 Å². The zero-order valence-electron chi connectivity index (χ0n) is 14.9. The molecule has 128 valence electrons. The van der Waals surface area contributed by atoms with E-state index in [9.17, 15) is 9.59 Å². The summed E-state index contributed by atoms with van der Waals surface area (Å²) >= 11 is 0. The van der Waals surface area contributed by atoms with Crippen LogP contribution in [-0.2, 0) is 19.1 Å². The molecule has 0 aliphatic rings. The van der Waals surface area contributed by atoms with Gasteiger partial charge in [-0.3, -0.25) is 0 Å². The van der Waals surface area contributed by atoms with Gasteiger partial charge < -0.3 is 9.47 Å². The molecule has 0 aromatic carbocycles. The Kier molecular flexibility index (Phi) is 14.8. The molecule has 1 atom stereocenters. The van der Waals surface area contributed by atoms with Crippen LogP contribution in [0.25, 0.3) is 0 Å². The molecule has 0 aromatic rings. The Morgan fingerprint density at radius 1 is 0.955 bits per heavy atom. The molecule has 0 saturated carbocycles. The molecule has 1 unspecified atom stereocenters. The number of carbonyl (C=O) groups excluding carboxylic acids is 2. The lowest BCUT2D eigenvalue weighted by molar-refractivity contribution is -0.140. The Hall–Kier alpha value is -1.58. The van der Waals surface area contributed by atoms with Crippen LogP contribution in [0.1, 0.15) is 60.3 Å². The van der Waals surface area contributed by atoms with Gasteiger partial charge in [-0.15, -0.1) is 0 Å². The first-order valence-electron chi connectivity index (χ1n) is 7.95. The van der Waals surface area contributed by atoms with Crippen molar-refractivity contribution in [2.24, 2.45) is 5.92 Å². The SMILES string of the molecule is C=C(C)C(=O)OCC.C=C(C)C(=O)OCC(CC)CCCC. The molecule has 0 saturated heterocycles. The standard InChI is InChI=1S/C12H22O2.C6H10O2/c1-5-7-8-11(6-2)9-14-12(13)10(3)4;1-4-8-6(7)5(2)3/h11H,3,5-9H2,1-2,4H3;2,4H2,1,3H3. The summed E-state index contributed by atoms with van der Waals surface area (Å²) in [4.78, 5) is 21.5. The van der Waals surface area contributed by atoms with Crippen LogP contribution in [0.15, 0.2) is 24.3 Å². The fourth-order valence-electron chi connectivity index (χ4n) is 1.47. The molecular weight excluding hydrogens is 280 g/mol. The lowest BCUT2D eigenvalue weighted by Gasteiger charge is -2.14. The van der Waals surface area contributed by atoms with Gasteiger partial charge in [0.15, 0.2) is 0 Å². The molecule has 0 radical (unpaired) electrons. The van der Waals surface area contributed by atoms with E-state index in [0.717, 1.165) is 12.8 Å². The van der Waals surface area contributed by atoms with Crippen molar-refractivity contribution >= 4 is 11.9 Å². The maximum Gasteiger partial charge on any atom is 0.333 e. The number of ether oxygens (including phenoxy) is 2. The Bertz CT molecular complexity index is 358. The maximum absolute atomic E-state index is 11.1. The largest absolute Gasteiger partial charge is 0.463 e. The molecule has 0 aromatic heterocycles. The number of carbonyl (C=O) groups is 2. The summed E-state index contributed by atoms with van der Waals surface area (Å²) in [6, 6.07) is 0. The van der Waals surface area contributed by atoms with Crippen molar-refractivity contribution in [3.05, 3.63) is 24.3 Å². The maximum atomic E-state index is 11.1. The molecule has 0 spiro atoms. The quantitative estimate of drug-likeness (QED) is 0.466. The van der Waals surface area contributed by atoms with Crippen molar-refractivity contribution in [3.63, 3.8) is 0 Å². The normalized spacial score (nSPS) is 10.8. The number of hydrogen-bond donors (Lipinski definition) is 0. The third-order valence-electron chi connectivity index (χ3n) is 2.97. The molecule has 0 N–H and O–H groups in total. The van der Waals surface area contributed by atoms with Gasteiger partial charge in [0.25, 0.3) is 0 Å². The smallest absolute Gasteiger partial charge is 0.333 e. The molecule has 0 heterocycles. The van der Waals surface area contributed by atoms with Crippen LogP contribution in [0.3, 0.4) is 0 Å². The number of hydrogen-bond acceptors (Lipinski definition) is 4. The van der Waals surface area contributed by atoms with Crippen LogP contribution in [0.2, 0.25) is 0 Å². The van der Waals surface area contributed by atoms with Crippen molar-refractivity contribution in [2.75, 3.05) is 13.2 Å². The van der Waals surface area contributed by atoms with Crippen LogP contribution >= 0.6 is 0 Å². The summed E-state index contributed by atoms with van der Waals surface area (Å²) in [5, 5.41) is 0. The van der Waals surface area contributed by atoms with Crippen LogP contribution in [0.4, 0.5) is 0 Å². The van der Waals surface area contributed by atoms with E-state index in [2.05, 4.69) is 31.7 Å². The minimum Gasteiger partial charge on any atom is -0.463 e. The summed E-state index contributed by atoms with van der Waals surface area (Å²) in [7, 11) is 0. The van der Waals surface area contributed by atoms with E-state index in [-0.39, 0.29) is 11.9 Å². The molecule has 0 fully saturated rings. The van der Waals surface area contributed by atoms with Gasteiger partial charge in [-0.05, 0) is 33.1 Å². The molecule has 22 heavy (non-hydrogen) atoms. The van der Waals surface area contributed by atoms with Gasteiger partial charge >= 0.3 is 11.9 Å². The minimum atomic E-state index is -0.312. The molecule has 0 aliphatic carbocycles. The fourth-order valence-corrected chi connectivity index (χ4v) is 1.47. The average Bonchev–Trinajstić information content (AvgIpc) is 2.47. The van der Waals surface area contributed by atoms with E-state index in [1.807, 2.05) is 0 Å². The fraction of sp³-hybridized carbons (Fsp3) is 0.667. The zero-order valence-corrected chi connectivity index (χ0v) is 14.9. The van der Waals surface area contributed by atoms with Crippen molar-refractivity contribution in [1.29, 1.82) is 0 Å². The summed E-state index contributed by atoms with van der Waals surface area (Å²) in [5.74, 6) is -0.0642. The third-order valence-corrected chi connectivity index (χ3v) is 2.97. The Labute approximate surface area is 135 Å². The van der Waals surface area contributed by atoms with Crippen LogP contribution in [-0.4, -0.2) is 25.2 Å². The van der Waals surface area contributed by atoms with E-state index < -0.39 is 0 Å². The van der Waals surface area contributed by atoms with E-state index in [1.54, 1.807) is 20.8 Å². The predicted molar refractivity (Wildman–Crippen MR) is 90.5 cm³/mol. The summed E-state index contributed by atoms with van der Waals surface area (Å²) in [5.41, 5.74) is 0.933. The first-order chi connectivity index (χ1) is 10.3. The van der Waals surface area contributed by atoms with E-state index >= 15 is 0 Å². The van der Waals surface area contributed by atoms with E-state index in [1.165, 1.54) is 12.8 Å². The topological polar surface area (TPSA) is 52.6 Å². The van der Waals surface area contributed by atoms with Gasteiger partial charge in [0.2, 0.25) is 0 Å². The van der Waals surface area contributed by atoms with E-state index in [4.69, 9.17) is 4.74 Å². The molecule has 0 amide bonds. The Morgan fingerprint density at radius 3 is 1.77 bits per heavy atom. The van der Waals surface area contributed by atoms with Crippen molar-refractivity contribution < 1.29 is 19.1 Å². The Balaban J connectivity index is 0. The highest BCUT2D eigenvalue weighted by atomic mass is 16.5. The Morgan fingerprint density at radius 2 is 1.45 bits per heavy atom. The van der Waals surface area contributed by atoms with Gasteiger partial charge in [-0.1, -0.05) is 46.3 Å². The molecule has 0 bridgehead atoms. The molecular formula is C18H32O4. The predicted octanol–water partition coefficient (Wildman–Crippen LogP) is 4.45. The first kappa shape index (κ1) is 22.7. The highest BCUT2D eigenvalue weighted by molar-refractivity contribution is 5.87. The average molecular weight is 312 g/mol. The lowest BCUT2D eigenvalue weighted by Crippen LogP contribution is -2.14. The minimum absolute atomic E-state index is 0.264. The van der Waals surface area contributed by atoms with Crippen LogP contribution in [0.5, 0.6) is 0 Å². The van der Waals surface area contributed by atoms with Crippen molar-refractivity contribution in [3.8, 4) is 0 Å². The van der Waals surface area contributed by atoms with Gasteiger partial charge in [-0.2, -0.15) is 0 Å². The highest BCUT2D eigenvalue weighted by Gasteiger charge is 2.09. The van der Waals surface area contributed by atoms with Gasteiger partial charge in [0.05, 0.1) is 13.2 Å². The number of esters is 2. The molecule has 4 heteroatoms. The lowest BCUT2D eigenvalue weighted by atomic mass is 10.0. The molecule has 0 aliphatic heterocycles. The number of rotatable bonds is 9. The summed E-state index contributed by atoms with van der Waals surface area (Å²) < 4.78 is 9.68. The summed E-state index contributed by atoms with van der Waals surface area (Å²) in [6.07, 6.45) is 4.63. The van der Waals surface area contributed by atoms with Crippen molar-refractivity contribution in [2.45, 2.75) is 60.3 Å². The zero-order chi connectivity index (χ0) is 17.5.